The van der Waals surface area contributed by atoms with Crippen molar-refractivity contribution in [2.45, 2.75) is 6.92 Å². The minimum atomic E-state index is -0.622. The van der Waals surface area contributed by atoms with Crippen molar-refractivity contribution in [2.24, 2.45) is 0 Å². The Bertz CT molecular complexity index is 682. The number of halogens is 2. The maximum atomic E-state index is 13.7. The van der Waals surface area contributed by atoms with Crippen LogP contribution < -0.4 is 10.5 Å². The van der Waals surface area contributed by atoms with E-state index in [1.807, 2.05) is 6.07 Å². The molecule has 2 rings (SSSR count). The van der Waals surface area contributed by atoms with E-state index in [0.29, 0.717) is 11.3 Å². The number of nitrogens with zero attached hydrogens (tertiary/aromatic N) is 2. The molecular weight excluding hydrogens is 269 g/mol. The van der Waals surface area contributed by atoms with Gasteiger partial charge in [0.2, 0.25) is 5.88 Å². The number of aryl methyl sites for hydroxylation is 1. The number of benzene rings is 1. The van der Waals surface area contributed by atoms with Crippen LogP contribution in [0.1, 0.15) is 11.1 Å². The van der Waals surface area contributed by atoms with E-state index in [0.717, 1.165) is 6.07 Å². The van der Waals surface area contributed by atoms with Crippen LogP contribution >= 0.6 is 11.6 Å². The van der Waals surface area contributed by atoms with Crippen molar-refractivity contribution in [3.63, 3.8) is 0 Å². The Kier molecular flexibility index (Phi) is 3.54. The van der Waals surface area contributed by atoms with Gasteiger partial charge in [-0.1, -0.05) is 11.6 Å². The zero-order valence-electron chi connectivity index (χ0n) is 9.95. The fraction of sp³-hybridized carbons (Fsp3) is 0.0769. The molecule has 0 atom stereocenters. The van der Waals surface area contributed by atoms with Crippen LogP contribution in [-0.2, 0) is 0 Å². The van der Waals surface area contributed by atoms with E-state index in [2.05, 4.69) is 4.98 Å². The number of nitrogen functional groups attached to an aromatic ring is 1. The van der Waals surface area contributed by atoms with E-state index in [4.69, 9.17) is 27.3 Å². The molecule has 1 aromatic carbocycles. The third-order valence-corrected chi connectivity index (χ3v) is 2.87. The lowest BCUT2D eigenvalue weighted by Crippen LogP contribution is -1.97. The highest BCUT2D eigenvalue weighted by atomic mass is 35.5. The zero-order valence-corrected chi connectivity index (χ0v) is 10.7. The van der Waals surface area contributed by atoms with Crippen LogP contribution in [-0.4, -0.2) is 4.98 Å². The zero-order chi connectivity index (χ0) is 14.0. The quantitative estimate of drug-likeness (QED) is 0.854. The number of nitrogens with two attached hydrogens (primary N) is 1. The molecule has 0 unspecified atom stereocenters. The number of hydrogen-bond donors (Lipinski definition) is 1. The van der Waals surface area contributed by atoms with Gasteiger partial charge in [0, 0.05) is 18.0 Å². The molecule has 1 heterocycles. The molecule has 0 aliphatic heterocycles. The van der Waals surface area contributed by atoms with Crippen LogP contribution in [0.2, 0.25) is 5.02 Å². The minimum absolute atomic E-state index is 0.0243. The molecule has 6 heteroatoms. The first kappa shape index (κ1) is 13.1. The van der Waals surface area contributed by atoms with Gasteiger partial charge in [-0.15, -0.1) is 0 Å². The van der Waals surface area contributed by atoms with Gasteiger partial charge in [-0.25, -0.2) is 9.37 Å². The molecule has 0 aliphatic rings. The number of rotatable bonds is 2. The summed E-state index contributed by atoms with van der Waals surface area (Å²) >= 11 is 5.93. The second-order valence-corrected chi connectivity index (χ2v) is 4.21. The van der Waals surface area contributed by atoms with Gasteiger partial charge < -0.3 is 10.5 Å². The summed E-state index contributed by atoms with van der Waals surface area (Å²) in [6.45, 7) is 1.72. The third kappa shape index (κ3) is 2.59. The molecule has 96 valence electrons. The molecule has 0 fully saturated rings. The molecule has 0 radical (unpaired) electrons. The van der Waals surface area contributed by atoms with Crippen molar-refractivity contribution < 1.29 is 9.13 Å². The summed E-state index contributed by atoms with van der Waals surface area (Å²) < 4.78 is 19.0. The summed E-state index contributed by atoms with van der Waals surface area (Å²) in [5.41, 5.74) is 6.78. The Balaban J connectivity index is 2.43. The Morgan fingerprint density at radius 1 is 1.47 bits per heavy atom. The lowest BCUT2D eigenvalue weighted by molar-refractivity contribution is 0.427. The van der Waals surface area contributed by atoms with Crippen molar-refractivity contribution >= 4 is 17.3 Å². The number of nitriles is 1. The van der Waals surface area contributed by atoms with Gasteiger partial charge in [0.1, 0.15) is 11.1 Å². The number of aromatic nitrogens is 1. The summed E-state index contributed by atoms with van der Waals surface area (Å²) in [4.78, 5) is 3.87. The Morgan fingerprint density at radius 3 is 2.89 bits per heavy atom. The standard InChI is InChI=1S/C13H9ClFN3O/c1-7-4-11(9(15)5-10(7)17)19-13-12(14)8(6-16)2-3-18-13/h2-5H,17H2,1H3. The summed E-state index contributed by atoms with van der Waals surface area (Å²) in [6.07, 6.45) is 1.36. The van der Waals surface area contributed by atoms with Crippen LogP contribution in [0.3, 0.4) is 0 Å². The number of anilines is 1. The summed E-state index contributed by atoms with van der Waals surface area (Å²) in [7, 11) is 0. The van der Waals surface area contributed by atoms with Crippen LogP contribution in [0, 0.1) is 24.1 Å². The van der Waals surface area contributed by atoms with Gasteiger partial charge in [-0.2, -0.15) is 5.26 Å². The van der Waals surface area contributed by atoms with Crippen molar-refractivity contribution in [3.05, 3.63) is 46.4 Å². The summed E-state index contributed by atoms with van der Waals surface area (Å²) in [5.74, 6) is -0.691. The van der Waals surface area contributed by atoms with Gasteiger partial charge in [0.15, 0.2) is 11.6 Å². The van der Waals surface area contributed by atoms with Gasteiger partial charge in [0.25, 0.3) is 0 Å². The van der Waals surface area contributed by atoms with Crippen LogP contribution in [0.5, 0.6) is 11.6 Å². The third-order valence-electron chi connectivity index (χ3n) is 2.50. The largest absolute Gasteiger partial charge is 0.434 e. The average Bonchev–Trinajstić information content (AvgIpc) is 2.38. The highest BCUT2D eigenvalue weighted by molar-refractivity contribution is 6.33. The Hall–Kier alpha value is -2.32. The molecule has 4 nitrogen and oxygen atoms in total. The molecule has 0 saturated heterocycles. The number of pyridine rings is 1. The number of hydrogen-bond acceptors (Lipinski definition) is 4. The van der Waals surface area contributed by atoms with E-state index in [1.165, 1.54) is 18.3 Å². The second kappa shape index (κ2) is 5.12. The fourth-order valence-corrected chi connectivity index (χ4v) is 1.63. The van der Waals surface area contributed by atoms with Gasteiger partial charge in [-0.05, 0) is 24.6 Å². The molecule has 0 saturated carbocycles. The van der Waals surface area contributed by atoms with Gasteiger partial charge in [0.05, 0.1) is 5.56 Å². The highest BCUT2D eigenvalue weighted by Gasteiger charge is 2.13. The topological polar surface area (TPSA) is 71.9 Å². The van der Waals surface area contributed by atoms with Gasteiger partial charge in [-0.3, -0.25) is 0 Å². The molecule has 0 aliphatic carbocycles. The predicted octanol–water partition coefficient (Wildman–Crippen LogP) is 3.43. The van der Waals surface area contributed by atoms with Crippen LogP contribution in [0.25, 0.3) is 0 Å². The Morgan fingerprint density at radius 2 is 2.21 bits per heavy atom. The molecule has 0 amide bonds. The first-order valence-electron chi connectivity index (χ1n) is 5.31. The maximum Gasteiger partial charge on any atom is 0.239 e. The number of ether oxygens (including phenoxy) is 1. The summed E-state index contributed by atoms with van der Waals surface area (Å²) in [5, 5.41) is 8.88. The lowest BCUT2D eigenvalue weighted by Gasteiger charge is -2.09. The fourth-order valence-electron chi connectivity index (χ4n) is 1.43. The molecule has 2 N–H and O–H groups in total. The van der Waals surface area contributed by atoms with E-state index in [9.17, 15) is 4.39 Å². The minimum Gasteiger partial charge on any atom is -0.434 e. The lowest BCUT2D eigenvalue weighted by atomic mass is 10.2. The monoisotopic (exact) mass is 277 g/mol. The molecule has 0 spiro atoms. The smallest absolute Gasteiger partial charge is 0.239 e. The SMILES string of the molecule is Cc1cc(Oc2nccc(C#N)c2Cl)c(F)cc1N. The second-order valence-electron chi connectivity index (χ2n) is 3.83. The molecule has 0 bridgehead atoms. The molecule has 1 aromatic heterocycles. The van der Waals surface area contributed by atoms with Crippen LogP contribution in [0.4, 0.5) is 10.1 Å². The highest BCUT2D eigenvalue weighted by Crippen LogP contribution is 2.32. The first-order valence-corrected chi connectivity index (χ1v) is 5.68. The van der Waals surface area contributed by atoms with Crippen molar-refractivity contribution in [1.29, 1.82) is 5.26 Å². The van der Waals surface area contributed by atoms with E-state index in [1.54, 1.807) is 6.92 Å². The predicted molar refractivity (Wildman–Crippen MR) is 69.6 cm³/mol. The van der Waals surface area contributed by atoms with Crippen LogP contribution in [0.15, 0.2) is 24.4 Å². The summed E-state index contributed by atoms with van der Waals surface area (Å²) in [6, 6.07) is 5.94. The maximum absolute atomic E-state index is 13.7. The first-order chi connectivity index (χ1) is 9.02. The molecular formula is C13H9ClFN3O. The van der Waals surface area contributed by atoms with Crippen molar-refractivity contribution in [2.75, 3.05) is 5.73 Å². The normalized spacial score (nSPS) is 10.0. The van der Waals surface area contributed by atoms with E-state index < -0.39 is 5.82 Å². The van der Waals surface area contributed by atoms with E-state index in [-0.39, 0.29) is 22.2 Å². The van der Waals surface area contributed by atoms with Crippen molar-refractivity contribution in [1.82, 2.24) is 4.98 Å². The average molecular weight is 278 g/mol. The van der Waals surface area contributed by atoms with Gasteiger partial charge >= 0.3 is 0 Å². The molecule has 2 aromatic rings. The van der Waals surface area contributed by atoms with Crippen molar-refractivity contribution in [3.8, 4) is 17.7 Å². The Labute approximate surface area is 114 Å². The molecule has 19 heavy (non-hydrogen) atoms. The van der Waals surface area contributed by atoms with E-state index >= 15 is 0 Å².